The van der Waals surface area contributed by atoms with Gasteiger partial charge in [-0.05, 0) is 51.7 Å². The SMILES string of the molecule is CC1CC(n2nnc3c2CN(c2cccc(C(=O)OC(C)(C)C)n2)CC3)C1. The molecule has 2 aromatic rings. The van der Waals surface area contributed by atoms with Crippen molar-refractivity contribution in [2.75, 3.05) is 11.4 Å². The molecule has 7 heteroatoms. The third kappa shape index (κ3) is 3.68. The van der Waals surface area contributed by atoms with Crippen LogP contribution in [-0.4, -0.2) is 38.1 Å². The van der Waals surface area contributed by atoms with Gasteiger partial charge in [-0.15, -0.1) is 5.10 Å². The molecule has 7 nitrogen and oxygen atoms in total. The highest BCUT2D eigenvalue weighted by atomic mass is 16.6. The van der Waals surface area contributed by atoms with Crippen molar-refractivity contribution in [2.45, 2.75) is 65.1 Å². The zero-order valence-corrected chi connectivity index (χ0v) is 16.5. The first-order chi connectivity index (χ1) is 12.8. The second kappa shape index (κ2) is 6.62. The predicted molar refractivity (Wildman–Crippen MR) is 102 cm³/mol. The molecule has 0 N–H and O–H groups in total. The molecule has 1 saturated carbocycles. The monoisotopic (exact) mass is 369 g/mol. The number of anilines is 1. The Morgan fingerprint density at radius 3 is 2.74 bits per heavy atom. The Morgan fingerprint density at radius 2 is 2.04 bits per heavy atom. The van der Waals surface area contributed by atoms with Gasteiger partial charge in [0.1, 0.15) is 11.4 Å². The van der Waals surface area contributed by atoms with Crippen LogP contribution in [0.4, 0.5) is 5.82 Å². The van der Waals surface area contributed by atoms with E-state index in [1.807, 2.05) is 32.9 Å². The first-order valence-corrected chi connectivity index (χ1v) is 9.68. The number of pyridine rings is 1. The highest BCUT2D eigenvalue weighted by Gasteiger charge is 2.32. The van der Waals surface area contributed by atoms with Gasteiger partial charge in [-0.1, -0.05) is 18.2 Å². The van der Waals surface area contributed by atoms with Crippen LogP contribution in [0.3, 0.4) is 0 Å². The van der Waals surface area contributed by atoms with Crippen molar-refractivity contribution in [2.24, 2.45) is 5.92 Å². The molecular formula is C20H27N5O2. The van der Waals surface area contributed by atoms with E-state index in [-0.39, 0.29) is 0 Å². The Balaban J connectivity index is 1.53. The Bertz CT molecular complexity index is 848. The molecule has 1 aliphatic carbocycles. The van der Waals surface area contributed by atoms with Crippen molar-refractivity contribution < 1.29 is 9.53 Å². The number of ether oxygens (including phenoxy) is 1. The standard InChI is InChI=1S/C20H27N5O2/c1-13-10-14(11-13)25-17-12-24(9-8-15(17)22-23-25)18-7-5-6-16(21-18)19(26)27-20(2,3)4/h5-7,13-14H,8-12H2,1-4H3. The molecular weight excluding hydrogens is 342 g/mol. The number of hydrogen-bond donors (Lipinski definition) is 0. The number of hydrogen-bond acceptors (Lipinski definition) is 6. The van der Waals surface area contributed by atoms with Gasteiger partial charge >= 0.3 is 5.97 Å². The van der Waals surface area contributed by atoms with Gasteiger partial charge in [0.05, 0.1) is 24.0 Å². The molecule has 0 atom stereocenters. The van der Waals surface area contributed by atoms with Crippen LogP contribution >= 0.6 is 0 Å². The first-order valence-electron chi connectivity index (χ1n) is 9.68. The molecule has 0 amide bonds. The molecule has 1 fully saturated rings. The van der Waals surface area contributed by atoms with Gasteiger partial charge in [-0.2, -0.15) is 0 Å². The lowest BCUT2D eigenvalue weighted by Gasteiger charge is -2.35. The highest BCUT2D eigenvalue weighted by Crippen LogP contribution is 2.38. The molecule has 144 valence electrons. The van der Waals surface area contributed by atoms with Crippen molar-refractivity contribution >= 4 is 11.8 Å². The van der Waals surface area contributed by atoms with E-state index < -0.39 is 11.6 Å². The third-order valence-electron chi connectivity index (χ3n) is 5.19. The van der Waals surface area contributed by atoms with Gasteiger partial charge in [0.2, 0.25) is 0 Å². The number of carbonyl (C=O) groups is 1. The lowest BCUT2D eigenvalue weighted by Crippen LogP contribution is -2.35. The van der Waals surface area contributed by atoms with Crippen molar-refractivity contribution in [1.82, 2.24) is 20.0 Å². The lowest BCUT2D eigenvalue weighted by atomic mass is 9.82. The summed E-state index contributed by atoms with van der Waals surface area (Å²) in [6.45, 7) is 9.39. The number of nitrogens with zero attached hydrogens (tertiary/aromatic N) is 5. The maximum absolute atomic E-state index is 12.3. The summed E-state index contributed by atoms with van der Waals surface area (Å²) in [6, 6.07) is 5.98. The normalized spacial score (nSPS) is 22.1. The van der Waals surface area contributed by atoms with E-state index in [0.717, 1.165) is 36.9 Å². The molecule has 27 heavy (non-hydrogen) atoms. The van der Waals surface area contributed by atoms with Crippen LogP contribution in [0.1, 0.15) is 68.5 Å². The van der Waals surface area contributed by atoms with E-state index in [2.05, 4.69) is 31.8 Å². The van der Waals surface area contributed by atoms with Crippen LogP contribution in [0, 0.1) is 5.92 Å². The smallest absolute Gasteiger partial charge is 0.357 e. The fraction of sp³-hybridized carbons (Fsp3) is 0.600. The van der Waals surface area contributed by atoms with E-state index in [9.17, 15) is 4.79 Å². The second-order valence-corrected chi connectivity index (χ2v) is 8.71. The molecule has 2 aromatic heterocycles. The molecule has 0 bridgehead atoms. The van der Waals surface area contributed by atoms with Crippen LogP contribution in [-0.2, 0) is 17.7 Å². The van der Waals surface area contributed by atoms with E-state index >= 15 is 0 Å². The number of carbonyl (C=O) groups excluding carboxylic acids is 1. The van der Waals surface area contributed by atoms with Gasteiger partial charge in [0, 0.05) is 13.0 Å². The largest absolute Gasteiger partial charge is 0.455 e. The number of fused-ring (bicyclic) bond motifs is 1. The van der Waals surface area contributed by atoms with E-state index in [1.54, 1.807) is 6.07 Å². The van der Waals surface area contributed by atoms with Crippen LogP contribution in [0.25, 0.3) is 0 Å². The Kier molecular flexibility index (Phi) is 4.40. The van der Waals surface area contributed by atoms with Gasteiger partial charge in [0.25, 0.3) is 0 Å². The van der Waals surface area contributed by atoms with E-state index in [0.29, 0.717) is 11.7 Å². The number of aromatic nitrogens is 4. The van der Waals surface area contributed by atoms with Crippen molar-refractivity contribution in [3.8, 4) is 0 Å². The lowest BCUT2D eigenvalue weighted by molar-refractivity contribution is 0.00629. The van der Waals surface area contributed by atoms with Gasteiger partial charge in [0.15, 0.2) is 5.69 Å². The summed E-state index contributed by atoms with van der Waals surface area (Å²) in [4.78, 5) is 19.1. The average Bonchev–Trinajstić information content (AvgIpc) is 3.00. The summed E-state index contributed by atoms with van der Waals surface area (Å²) in [7, 11) is 0. The summed E-state index contributed by atoms with van der Waals surface area (Å²) in [5, 5.41) is 8.80. The summed E-state index contributed by atoms with van der Waals surface area (Å²) in [6.07, 6.45) is 3.18. The Hall–Kier alpha value is -2.44. The minimum atomic E-state index is -0.535. The van der Waals surface area contributed by atoms with Crippen LogP contribution in [0.2, 0.25) is 0 Å². The molecule has 0 unspecified atom stereocenters. The van der Waals surface area contributed by atoms with E-state index in [4.69, 9.17) is 4.74 Å². The summed E-state index contributed by atoms with van der Waals surface area (Å²) < 4.78 is 7.56. The summed E-state index contributed by atoms with van der Waals surface area (Å²) in [5.74, 6) is 1.16. The topological polar surface area (TPSA) is 73.1 Å². The number of esters is 1. The van der Waals surface area contributed by atoms with Crippen LogP contribution in [0.15, 0.2) is 18.2 Å². The van der Waals surface area contributed by atoms with Gasteiger partial charge < -0.3 is 9.64 Å². The zero-order valence-electron chi connectivity index (χ0n) is 16.5. The van der Waals surface area contributed by atoms with E-state index in [1.165, 1.54) is 18.5 Å². The van der Waals surface area contributed by atoms with Crippen LogP contribution < -0.4 is 4.90 Å². The fourth-order valence-corrected chi connectivity index (χ4v) is 3.80. The Labute approximate surface area is 159 Å². The second-order valence-electron chi connectivity index (χ2n) is 8.71. The molecule has 3 heterocycles. The molecule has 0 aromatic carbocycles. The summed E-state index contributed by atoms with van der Waals surface area (Å²) in [5.41, 5.74) is 2.08. The molecule has 0 spiro atoms. The minimum Gasteiger partial charge on any atom is -0.455 e. The summed E-state index contributed by atoms with van der Waals surface area (Å²) >= 11 is 0. The Morgan fingerprint density at radius 1 is 1.26 bits per heavy atom. The molecule has 2 aliphatic rings. The van der Waals surface area contributed by atoms with Gasteiger partial charge in [-0.25, -0.2) is 14.5 Å². The average molecular weight is 369 g/mol. The van der Waals surface area contributed by atoms with Crippen LogP contribution in [0.5, 0.6) is 0 Å². The first kappa shape index (κ1) is 17.9. The predicted octanol–water partition coefficient (Wildman–Crippen LogP) is 3.16. The van der Waals surface area contributed by atoms with Crippen molar-refractivity contribution in [1.29, 1.82) is 0 Å². The quantitative estimate of drug-likeness (QED) is 0.774. The number of rotatable bonds is 3. The molecule has 1 aliphatic heterocycles. The molecule has 0 radical (unpaired) electrons. The maximum atomic E-state index is 12.3. The zero-order chi connectivity index (χ0) is 19.2. The molecule has 4 rings (SSSR count). The van der Waals surface area contributed by atoms with Gasteiger partial charge in [-0.3, -0.25) is 0 Å². The van der Waals surface area contributed by atoms with Crippen molar-refractivity contribution in [3.05, 3.63) is 35.3 Å². The highest BCUT2D eigenvalue weighted by molar-refractivity contribution is 5.88. The third-order valence-corrected chi connectivity index (χ3v) is 5.19. The fourth-order valence-electron chi connectivity index (χ4n) is 3.80. The molecule has 0 saturated heterocycles. The van der Waals surface area contributed by atoms with Crippen molar-refractivity contribution in [3.63, 3.8) is 0 Å². The minimum absolute atomic E-state index is 0.340. The maximum Gasteiger partial charge on any atom is 0.357 e.